The molecule has 0 atom stereocenters. The number of pyridine rings is 1. The Bertz CT molecular complexity index is 1350. The number of methoxy groups -OCH3 is 1. The van der Waals surface area contributed by atoms with Crippen LogP contribution in [0, 0.1) is 11.8 Å². The van der Waals surface area contributed by atoms with Crippen LogP contribution < -0.4 is 11.1 Å². The molecule has 0 saturated heterocycles. The van der Waals surface area contributed by atoms with Gasteiger partial charge in [0.05, 0.1) is 17.6 Å². The number of anilines is 2. The zero-order valence-corrected chi connectivity index (χ0v) is 19.2. The van der Waals surface area contributed by atoms with Crippen LogP contribution in [-0.4, -0.2) is 32.5 Å². The van der Waals surface area contributed by atoms with E-state index in [1.54, 1.807) is 19.5 Å². The number of aromatic nitrogens is 4. The molecule has 0 unspecified atom stereocenters. The number of hydrogen-bond acceptors (Lipinski definition) is 6. The number of unbranched alkanes of at least 4 members (excludes halogenated alkanes) is 1. The second-order valence-corrected chi connectivity index (χ2v) is 7.76. The fraction of sp³-hybridized carbons (Fsp3) is 0.231. The first-order chi connectivity index (χ1) is 16.6. The lowest BCUT2D eigenvalue weighted by Gasteiger charge is -2.08. The van der Waals surface area contributed by atoms with Gasteiger partial charge in [-0.2, -0.15) is 0 Å². The van der Waals surface area contributed by atoms with Crippen molar-refractivity contribution < 1.29 is 9.53 Å². The molecule has 1 amide bonds. The van der Waals surface area contributed by atoms with E-state index in [0.29, 0.717) is 41.1 Å². The molecule has 0 aliphatic carbocycles. The summed E-state index contributed by atoms with van der Waals surface area (Å²) in [7, 11) is 1.64. The van der Waals surface area contributed by atoms with Gasteiger partial charge in [0.1, 0.15) is 23.5 Å². The molecule has 0 spiro atoms. The van der Waals surface area contributed by atoms with E-state index in [9.17, 15) is 4.79 Å². The number of amides is 1. The normalized spacial score (nSPS) is 10.6. The third kappa shape index (κ3) is 4.90. The maximum atomic E-state index is 13.6. The molecule has 0 saturated carbocycles. The molecule has 172 valence electrons. The van der Waals surface area contributed by atoms with Gasteiger partial charge in [-0.15, -0.1) is 0 Å². The van der Waals surface area contributed by atoms with Crippen molar-refractivity contribution in [2.24, 2.45) is 0 Å². The van der Waals surface area contributed by atoms with E-state index in [0.717, 1.165) is 24.0 Å². The molecule has 0 aliphatic rings. The fourth-order valence-corrected chi connectivity index (χ4v) is 3.69. The van der Waals surface area contributed by atoms with Gasteiger partial charge in [0.2, 0.25) is 0 Å². The number of hydrogen-bond donors (Lipinski definition) is 2. The predicted octanol–water partition coefficient (Wildman–Crippen LogP) is 4.01. The lowest BCUT2D eigenvalue weighted by atomic mass is 10.1. The third-order valence-electron chi connectivity index (χ3n) is 5.34. The molecule has 3 aromatic heterocycles. The first kappa shape index (κ1) is 23.0. The van der Waals surface area contributed by atoms with Crippen LogP contribution in [0.4, 0.5) is 11.5 Å². The van der Waals surface area contributed by atoms with Crippen molar-refractivity contribution in [3.63, 3.8) is 0 Å². The summed E-state index contributed by atoms with van der Waals surface area (Å²) in [5.74, 6) is 6.23. The Balaban J connectivity index is 1.83. The van der Waals surface area contributed by atoms with Crippen molar-refractivity contribution in [2.45, 2.75) is 32.9 Å². The zero-order valence-electron chi connectivity index (χ0n) is 19.2. The highest BCUT2D eigenvalue weighted by molar-refractivity contribution is 6.16. The topological polar surface area (TPSA) is 108 Å². The molecular formula is C26H26N6O2. The largest absolute Gasteiger partial charge is 0.383 e. The molecule has 0 aliphatic heterocycles. The first-order valence-corrected chi connectivity index (χ1v) is 11.1. The summed E-state index contributed by atoms with van der Waals surface area (Å²) in [4.78, 5) is 26.3. The van der Waals surface area contributed by atoms with Crippen molar-refractivity contribution in [2.75, 3.05) is 18.2 Å². The van der Waals surface area contributed by atoms with E-state index in [2.05, 4.69) is 39.0 Å². The minimum absolute atomic E-state index is 0.241. The monoisotopic (exact) mass is 454 g/mol. The minimum atomic E-state index is -0.322. The number of nitrogens with two attached hydrogens (primary N) is 1. The van der Waals surface area contributed by atoms with Crippen molar-refractivity contribution in [3.8, 4) is 11.8 Å². The molecule has 0 radical (unpaired) electrons. The average molecular weight is 455 g/mol. The van der Waals surface area contributed by atoms with Gasteiger partial charge in [0.15, 0.2) is 0 Å². The van der Waals surface area contributed by atoms with Crippen LogP contribution in [0.1, 0.15) is 46.9 Å². The number of nitrogen functional groups attached to an aromatic ring is 1. The Kier molecular flexibility index (Phi) is 7.16. The van der Waals surface area contributed by atoms with E-state index in [1.807, 2.05) is 41.0 Å². The SMILES string of the molecule is CCCCn1c(C#Cc2cccnc2)c(C(=O)Nc2ccc(COC)cc2)c2c(N)ncnc21. The molecule has 8 heteroatoms. The summed E-state index contributed by atoms with van der Waals surface area (Å²) >= 11 is 0. The molecule has 1 aromatic carbocycles. The van der Waals surface area contributed by atoms with Gasteiger partial charge in [-0.05, 0) is 42.2 Å². The van der Waals surface area contributed by atoms with Gasteiger partial charge in [-0.25, -0.2) is 9.97 Å². The van der Waals surface area contributed by atoms with Gasteiger partial charge >= 0.3 is 0 Å². The number of nitrogens with zero attached hydrogens (tertiary/aromatic N) is 4. The van der Waals surface area contributed by atoms with Crippen LogP contribution in [0.2, 0.25) is 0 Å². The predicted molar refractivity (Wildman–Crippen MR) is 132 cm³/mol. The van der Waals surface area contributed by atoms with Gasteiger partial charge in [-0.1, -0.05) is 31.4 Å². The summed E-state index contributed by atoms with van der Waals surface area (Å²) in [5, 5.41) is 3.47. The molecule has 4 rings (SSSR count). The Labute approximate surface area is 198 Å². The first-order valence-electron chi connectivity index (χ1n) is 11.1. The number of benzene rings is 1. The summed E-state index contributed by atoms with van der Waals surface area (Å²) < 4.78 is 7.11. The average Bonchev–Trinajstić information content (AvgIpc) is 3.18. The zero-order chi connectivity index (χ0) is 23.9. The maximum Gasteiger partial charge on any atom is 0.259 e. The summed E-state index contributed by atoms with van der Waals surface area (Å²) in [5.41, 5.74) is 10.2. The highest BCUT2D eigenvalue weighted by Crippen LogP contribution is 2.29. The van der Waals surface area contributed by atoms with Crippen molar-refractivity contribution >= 4 is 28.4 Å². The molecule has 3 heterocycles. The van der Waals surface area contributed by atoms with Crippen LogP contribution in [0.15, 0.2) is 55.1 Å². The second kappa shape index (κ2) is 10.6. The van der Waals surface area contributed by atoms with E-state index in [1.165, 1.54) is 6.33 Å². The van der Waals surface area contributed by atoms with Crippen molar-refractivity contribution in [1.29, 1.82) is 0 Å². The van der Waals surface area contributed by atoms with E-state index >= 15 is 0 Å². The number of aryl methyl sites for hydroxylation is 1. The van der Waals surface area contributed by atoms with Crippen LogP contribution in [0.3, 0.4) is 0 Å². The number of rotatable bonds is 7. The second-order valence-electron chi connectivity index (χ2n) is 7.76. The quantitative estimate of drug-likeness (QED) is 0.409. The molecule has 4 aromatic rings. The lowest BCUT2D eigenvalue weighted by Crippen LogP contribution is -2.14. The summed E-state index contributed by atoms with van der Waals surface area (Å²) in [6.45, 7) is 3.26. The Hall–Kier alpha value is -4.22. The third-order valence-corrected chi connectivity index (χ3v) is 5.34. The van der Waals surface area contributed by atoms with Gasteiger partial charge in [-0.3, -0.25) is 9.78 Å². The van der Waals surface area contributed by atoms with Crippen LogP contribution in [-0.2, 0) is 17.9 Å². The number of nitrogens with one attached hydrogen (secondary N) is 1. The molecular weight excluding hydrogens is 428 g/mol. The summed E-state index contributed by atoms with van der Waals surface area (Å²) in [6, 6.07) is 11.2. The van der Waals surface area contributed by atoms with Gasteiger partial charge in [0, 0.05) is 37.3 Å². The standard InChI is InChI=1S/C26H26N6O2/c1-3-4-14-32-21(12-9-18-6-5-13-28-15-18)22(23-24(27)29-17-30-25(23)32)26(33)31-20-10-7-19(8-11-20)16-34-2/h5-8,10-11,13,15,17H,3-4,14,16H2,1-2H3,(H,31,33)(H2,27,29,30). The van der Waals surface area contributed by atoms with E-state index < -0.39 is 0 Å². The van der Waals surface area contributed by atoms with Crippen molar-refractivity contribution in [3.05, 3.63) is 77.5 Å². The number of carbonyl (C=O) groups excluding carboxylic acids is 1. The van der Waals surface area contributed by atoms with Crippen molar-refractivity contribution in [1.82, 2.24) is 19.5 Å². The van der Waals surface area contributed by atoms with E-state index in [4.69, 9.17) is 10.5 Å². The van der Waals surface area contributed by atoms with Crippen LogP contribution in [0.5, 0.6) is 0 Å². The van der Waals surface area contributed by atoms with E-state index in [-0.39, 0.29) is 11.7 Å². The molecule has 0 fully saturated rings. The van der Waals surface area contributed by atoms with Gasteiger partial charge in [0.25, 0.3) is 5.91 Å². The maximum absolute atomic E-state index is 13.6. The summed E-state index contributed by atoms with van der Waals surface area (Å²) in [6.07, 6.45) is 6.66. The number of carbonyl (C=O) groups is 1. The number of ether oxygens (including phenoxy) is 1. The highest BCUT2D eigenvalue weighted by Gasteiger charge is 2.25. The van der Waals surface area contributed by atoms with Crippen LogP contribution in [0.25, 0.3) is 11.0 Å². The Morgan fingerprint density at radius 1 is 1.18 bits per heavy atom. The highest BCUT2D eigenvalue weighted by atomic mass is 16.5. The molecule has 8 nitrogen and oxygen atoms in total. The molecule has 3 N–H and O–H groups in total. The number of fused-ring (bicyclic) bond motifs is 1. The smallest absolute Gasteiger partial charge is 0.259 e. The lowest BCUT2D eigenvalue weighted by molar-refractivity contribution is 0.102. The van der Waals surface area contributed by atoms with Gasteiger partial charge < -0.3 is 20.4 Å². The Morgan fingerprint density at radius 2 is 2.00 bits per heavy atom. The minimum Gasteiger partial charge on any atom is -0.383 e. The van der Waals surface area contributed by atoms with Crippen LogP contribution >= 0.6 is 0 Å². The molecule has 34 heavy (non-hydrogen) atoms. The fourth-order valence-electron chi connectivity index (χ4n) is 3.69. The Morgan fingerprint density at radius 3 is 2.71 bits per heavy atom. The molecule has 0 bridgehead atoms.